The highest BCUT2D eigenvalue weighted by Gasteiger charge is 2.35. The fraction of sp³-hybridized carbons (Fsp3) is 1.00. The lowest BCUT2D eigenvalue weighted by Crippen LogP contribution is -2.43. The Hall–Kier alpha value is -0.160. The van der Waals surface area contributed by atoms with Crippen molar-refractivity contribution < 1.29 is 14.9 Å². The molecule has 2 saturated heterocycles. The monoisotopic (exact) mass is 243 g/mol. The minimum Gasteiger partial charge on any atom is -0.396 e. The first kappa shape index (κ1) is 13.3. The Labute approximate surface area is 104 Å². The summed E-state index contributed by atoms with van der Waals surface area (Å²) in [6.45, 7) is 5.35. The third-order valence-corrected chi connectivity index (χ3v) is 4.36. The summed E-state index contributed by atoms with van der Waals surface area (Å²) < 4.78 is 5.39. The van der Waals surface area contributed by atoms with Crippen molar-refractivity contribution >= 4 is 0 Å². The molecule has 2 aliphatic heterocycles. The number of hydrogen-bond acceptors (Lipinski definition) is 4. The van der Waals surface area contributed by atoms with Gasteiger partial charge in [0.2, 0.25) is 0 Å². The summed E-state index contributed by atoms with van der Waals surface area (Å²) in [6.07, 6.45) is 4.07. The Morgan fingerprint density at radius 1 is 1.24 bits per heavy atom. The van der Waals surface area contributed by atoms with Gasteiger partial charge in [-0.3, -0.25) is 0 Å². The maximum absolute atomic E-state index is 9.65. The van der Waals surface area contributed by atoms with E-state index in [9.17, 15) is 5.11 Å². The molecule has 4 heteroatoms. The van der Waals surface area contributed by atoms with Crippen LogP contribution in [0.15, 0.2) is 0 Å². The van der Waals surface area contributed by atoms with E-state index >= 15 is 0 Å². The molecule has 0 aliphatic carbocycles. The second-order valence-corrected chi connectivity index (χ2v) is 5.67. The van der Waals surface area contributed by atoms with Gasteiger partial charge in [-0.25, -0.2) is 0 Å². The van der Waals surface area contributed by atoms with Gasteiger partial charge in [-0.1, -0.05) is 0 Å². The van der Waals surface area contributed by atoms with Crippen molar-refractivity contribution in [1.29, 1.82) is 0 Å². The molecule has 0 aromatic carbocycles. The summed E-state index contributed by atoms with van der Waals surface area (Å²) in [5.74, 6) is 0.649. The molecule has 1 atom stereocenters. The van der Waals surface area contributed by atoms with Crippen LogP contribution in [-0.2, 0) is 4.74 Å². The van der Waals surface area contributed by atoms with Gasteiger partial charge in [-0.05, 0) is 38.1 Å². The lowest BCUT2D eigenvalue weighted by molar-refractivity contribution is -0.0317. The zero-order valence-corrected chi connectivity index (χ0v) is 10.6. The summed E-state index contributed by atoms with van der Waals surface area (Å²) in [7, 11) is 0. The largest absolute Gasteiger partial charge is 0.396 e. The predicted molar refractivity (Wildman–Crippen MR) is 65.8 cm³/mol. The predicted octanol–water partition coefficient (Wildman–Crippen LogP) is 0.480. The van der Waals surface area contributed by atoms with Crippen molar-refractivity contribution in [2.24, 2.45) is 11.3 Å². The summed E-state index contributed by atoms with van der Waals surface area (Å²) in [5, 5.41) is 18.6. The fourth-order valence-electron chi connectivity index (χ4n) is 3.12. The molecule has 0 bridgehead atoms. The SMILES string of the molecule is OCCC1CCN(CC2(CO)CCOCC2)C1. The molecule has 2 fully saturated rings. The van der Waals surface area contributed by atoms with Crippen LogP contribution in [0.3, 0.4) is 0 Å². The Balaban J connectivity index is 1.83. The van der Waals surface area contributed by atoms with E-state index in [1.807, 2.05) is 0 Å². The van der Waals surface area contributed by atoms with Crippen LogP contribution < -0.4 is 0 Å². The molecule has 17 heavy (non-hydrogen) atoms. The molecule has 2 heterocycles. The fourth-order valence-corrected chi connectivity index (χ4v) is 3.12. The molecule has 100 valence electrons. The maximum Gasteiger partial charge on any atom is 0.0501 e. The van der Waals surface area contributed by atoms with Crippen molar-refractivity contribution in [3.8, 4) is 0 Å². The van der Waals surface area contributed by atoms with Gasteiger partial charge in [0.1, 0.15) is 0 Å². The first-order chi connectivity index (χ1) is 8.28. The highest BCUT2D eigenvalue weighted by Crippen LogP contribution is 2.33. The minimum atomic E-state index is 0.0619. The van der Waals surface area contributed by atoms with Crippen LogP contribution >= 0.6 is 0 Å². The number of ether oxygens (including phenoxy) is 1. The number of aliphatic hydroxyl groups excluding tert-OH is 2. The van der Waals surface area contributed by atoms with Crippen LogP contribution in [0, 0.1) is 11.3 Å². The summed E-state index contributed by atoms with van der Waals surface area (Å²) >= 11 is 0. The van der Waals surface area contributed by atoms with Crippen LogP contribution in [0.4, 0.5) is 0 Å². The van der Waals surface area contributed by atoms with Crippen LogP contribution in [0.5, 0.6) is 0 Å². The second kappa shape index (κ2) is 6.14. The molecule has 1 unspecified atom stereocenters. The topological polar surface area (TPSA) is 52.9 Å². The Morgan fingerprint density at radius 3 is 2.65 bits per heavy atom. The molecular weight excluding hydrogens is 218 g/mol. The van der Waals surface area contributed by atoms with Gasteiger partial charge in [-0.2, -0.15) is 0 Å². The molecule has 0 aromatic rings. The minimum absolute atomic E-state index is 0.0619. The third kappa shape index (κ3) is 3.41. The van der Waals surface area contributed by atoms with E-state index < -0.39 is 0 Å². The van der Waals surface area contributed by atoms with Gasteiger partial charge in [0.25, 0.3) is 0 Å². The first-order valence-electron chi connectivity index (χ1n) is 6.80. The second-order valence-electron chi connectivity index (χ2n) is 5.67. The molecule has 2 N–H and O–H groups in total. The standard InChI is InChI=1S/C13H25NO3/c15-6-2-12-1-5-14(9-12)10-13(11-16)3-7-17-8-4-13/h12,15-16H,1-11H2. The molecule has 0 saturated carbocycles. The van der Waals surface area contributed by atoms with E-state index in [2.05, 4.69) is 4.90 Å². The molecule has 2 aliphatic rings. The van der Waals surface area contributed by atoms with Crippen LogP contribution in [0.2, 0.25) is 0 Å². The molecular formula is C13H25NO3. The number of nitrogens with zero attached hydrogens (tertiary/aromatic N) is 1. The average Bonchev–Trinajstić information content (AvgIpc) is 2.78. The number of hydrogen-bond donors (Lipinski definition) is 2. The number of likely N-dealkylation sites (tertiary alicyclic amines) is 1. The molecule has 0 amide bonds. The normalized spacial score (nSPS) is 29.6. The van der Waals surface area contributed by atoms with Gasteiger partial charge in [0.15, 0.2) is 0 Å². The molecule has 0 radical (unpaired) electrons. The van der Waals surface area contributed by atoms with Crippen LogP contribution in [0.1, 0.15) is 25.7 Å². The Kier molecular flexibility index (Phi) is 4.79. The van der Waals surface area contributed by atoms with Crippen molar-refractivity contribution in [2.75, 3.05) is 46.1 Å². The summed E-state index contributed by atoms with van der Waals surface area (Å²) in [4.78, 5) is 2.46. The maximum atomic E-state index is 9.65. The van der Waals surface area contributed by atoms with E-state index in [1.54, 1.807) is 0 Å². The molecule has 0 spiro atoms. The van der Waals surface area contributed by atoms with Gasteiger partial charge >= 0.3 is 0 Å². The zero-order valence-electron chi connectivity index (χ0n) is 10.6. The van der Waals surface area contributed by atoms with Crippen LogP contribution in [0.25, 0.3) is 0 Å². The zero-order chi connectivity index (χ0) is 12.1. The number of aliphatic hydroxyl groups is 2. The van der Waals surface area contributed by atoms with Gasteiger partial charge in [0, 0.05) is 38.3 Å². The van der Waals surface area contributed by atoms with E-state index in [-0.39, 0.29) is 12.0 Å². The average molecular weight is 243 g/mol. The van der Waals surface area contributed by atoms with Gasteiger partial charge in [-0.15, -0.1) is 0 Å². The van der Waals surface area contributed by atoms with Gasteiger partial charge in [0.05, 0.1) is 6.61 Å². The summed E-state index contributed by atoms with van der Waals surface area (Å²) in [6, 6.07) is 0. The molecule has 0 aromatic heterocycles. The smallest absolute Gasteiger partial charge is 0.0501 e. The van der Waals surface area contributed by atoms with E-state index in [4.69, 9.17) is 9.84 Å². The van der Waals surface area contributed by atoms with E-state index in [0.29, 0.717) is 12.5 Å². The third-order valence-electron chi connectivity index (χ3n) is 4.36. The van der Waals surface area contributed by atoms with Gasteiger partial charge < -0.3 is 19.8 Å². The summed E-state index contributed by atoms with van der Waals surface area (Å²) in [5.41, 5.74) is 0.0619. The van der Waals surface area contributed by atoms with Crippen molar-refractivity contribution in [1.82, 2.24) is 4.90 Å². The lowest BCUT2D eigenvalue weighted by Gasteiger charge is -2.38. The Morgan fingerprint density at radius 2 is 2.00 bits per heavy atom. The lowest BCUT2D eigenvalue weighted by atomic mass is 9.80. The molecule has 2 rings (SSSR count). The highest BCUT2D eigenvalue weighted by atomic mass is 16.5. The number of rotatable bonds is 5. The van der Waals surface area contributed by atoms with E-state index in [0.717, 1.165) is 52.1 Å². The highest BCUT2D eigenvalue weighted by molar-refractivity contribution is 4.87. The molecule has 4 nitrogen and oxygen atoms in total. The Bertz CT molecular complexity index is 229. The quantitative estimate of drug-likeness (QED) is 0.737. The van der Waals surface area contributed by atoms with Crippen molar-refractivity contribution in [3.63, 3.8) is 0 Å². The van der Waals surface area contributed by atoms with Crippen LogP contribution in [-0.4, -0.2) is 61.2 Å². The van der Waals surface area contributed by atoms with Crippen molar-refractivity contribution in [2.45, 2.75) is 25.7 Å². The first-order valence-corrected chi connectivity index (χ1v) is 6.80. The van der Waals surface area contributed by atoms with E-state index in [1.165, 1.54) is 6.42 Å². The van der Waals surface area contributed by atoms with Crippen molar-refractivity contribution in [3.05, 3.63) is 0 Å².